The molecule has 7 nitrogen and oxygen atoms in total. The third-order valence-electron chi connectivity index (χ3n) is 4.25. The van der Waals surface area contributed by atoms with Crippen molar-refractivity contribution in [2.24, 2.45) is 0 Å². The van der Waals surface area contributed by atoms with Crippen LogP contribution in [0.5, 0.6) is 0 Å². The van der Waals surface area contributed by atoms with Crippen molar-refractivity contribution in [1.29, 1.82) is 0 Å². The van der Waals surface area contributed by atoms with Crippen molar-refractivity contribution in [3.8, 4) is 0 Å². The molecule has 0 aliphatic carbocycles. The first kappa shape index (κ1) is 20.3. The molecule has 0 aliphatic heterocycles. The summed E-state index contributed by atoms with van der Waals surface area (Å²) in [6.45, 7) is 1.82. The van der Waals surface area contributed by atoms with Crippen LogP contribution in [0.3, 0.4) is 0 Å². The number of carboxylic acid groups (broad SMARTS) is 1. The molecule has 0 bridgehead atoms. The summed E-state index contributed by atoms with van der Waals surface area (Å²) in [6, 6.07) is 2.00. The molecule has 0 radical (unpaired) electrons. The van der Waals surface area contributed by atoms with Crippen LogP contribution in [-0.4, -0.2) is 47.9 Å². The zero-order valence-electron chi connectivity index (χ0n) is 15.1. The topological polar surface area (TPSA) is 115 Å². The minimum Gasteiger partial charge on any atom is -0.481 e. The van der Waals surface area contributed by atoms with Crippen molar-refractivity contribution >= 4 is 33.3 Å². The van der Waals surface area contributed by atoms with Gasteiger partial charge in [0.15, 0.2) is 0 Å². The second kappa shape index (κ2) is 10.2. The molecule has 0 amide bonds. The number of nitrogen functional groups attached to an aromatic ring is 1. The Morgan fingerprint density at radius 1 is 1.19 bits per heavy atom. The van der Waals surface area contributed by atoms with Crippen LogP contribution < -0.4 is 10.2 Å². The van der Waals surface area contributed by atoms with Crippen LogP contribution in [0.1, 0.15) is 61.5 Å². The SMILES string of the molecule is Cc1ncc(C(CCCCCCc2cc([AsH2])nc(N)n2)CC(=O)O)cn1. The molecule has 0 spiro atoms. The fourth-order valence-corrected chi connectivity index (χ4v) is 3.61. The number of rotatable bonds is 10. The van der Waals surface area contributed by atoms with Gasteiger partial charge >= 0.3 is 130 Å². The van der Waals surface area contributed by atoms with Gasteiger partial charge in [0.2, 0.25) is 0 Å². The third kappa shape index (κ3) is 7.08. The summed E-state index contributed by atoms with van der Waals surface area (Å²) in [5, 5.41) is 9.15. The second-order valence-corrected chi connectivity index (χ2v) is 7.69. The van der Waals surface area contributed by atoms with Gasteiger partial charge in [-0.1, -0.05) is 0 Å². The fraction of sp³-hybridized carbons (Fsp3) is 0.500. The van der Waals surface area contributed by atoms with Crippen LogP contribution in [0.2, 0.25) is 0 Å². The molecule has 0 aliphatic rings. The average molecular weight is 419 g/mol. The number of hydrogen-bond donors (Lipinski definition) is 2. The van der Waals surface area contributed by atoms with Gasteiger partial charge < -0.3 is 5.11 Å². The van der Waals surface area contributed by atoms with E-state index in [1.54, 1.807) is 12.4 Å². The van der Waals surface area contributed by atoms with E-state index in [1.807, 2.05) is 13.0 Å². The van der Waals surface area contributed by atoms with Gasteiger partial charge in [-0.3, -0.25) is 4.79 Å². The molecule has 2 unspecified atom stereocenters. The molecule has 2 aromatic heterocycles. The summed E-state index contributed by atoms with van der Waals surface area (Å²) in [6.07, 6.45) is 9.52. The minimum absolute atomic E-state index is 0.0281. The monoisotopic (exact) mass is 419 g/mol. The summed E-state index contributed by atoms with van der Waals surface area (Å²) in [5.74, 6) is 0.233. The van der Waals surface area contributed by atoms with Gasteiger partial charge in [0.1, 0.15) is 5.82 Å². The molecule has 8 heteroatoms. The van der Waals surface area contributed by atoms with E-state index in [0.29, 0.717) is 11.8 Å². The van der Waals surface area contributed by atoms with Crippen molar-refractivity contribution in [2.45, 2.75) is 57.8 Å². The number of unbranched alkanes of at least 4 members (excludes halogenated alkanes) is 3. The van der Waals surface area contributed by atoms with Gasteiger partial charge in [0, 0.05) is 0 Å². The number of aryl methyl sites for hydroxylation is 2. The Balaban J connectivity index is 1.75. The van der Waals surface area contributed by atoms with Crippen molar-refractivity contribution in [3.05, 3.63) is 35.5 Å². The average Bonchev–Trinajstić information content (AvgIpc) is 2.56. The third-order valence-corrected chi connectivity index (χ3v) is 4.87. The number of aliphatic carboxylic acids is 1. The molecule has 0 fully saturated rings. The second-order valence-electron chi connectivity index (χ2n) is 6.45. The molecule has 2 atom stereocenters. The number of hydrogen-bond acceptors (Lipinski definition) is 6. The molecule has 0 saturated carbocycles. The Hall–Kier alpha value is -2.01. The summed E-state index contributed by atoms with van der Waals surface area (Å²) in [5.41, 5.74) is 7.59. The van der Waals surface area contributed by atoms with E-state index in [9.17, 15) is 4.79 Å². The zero-order valence-corrected chi connectivity index (χ0v) is 17.5. The van der Waals surface area contributed by atoms with E-state index >= 15 is 0 Å². The Kier molecular flexibility index (Phi) is 7.98. The zero-order chi connectivity index (χ0) is 18.9. The van der Waals surface area contributed by atoms with Gasteiger partial charge in [-0.2, -0.15) is 0 Å². The summed E-state index contributed by atoms with van der Waals surface area (Å²) < 4.78 is 0.955. The van der Waals surface area contributed by atoms with Gasteiger partial charge in [-0.25, -0.2) is 9.97 Å². The first-order valence-electron chi connectivity index (χ1n) is 8.83. The van der Waals surface area contributed by atoms with Crippen LogP contribution >= 0.6 is 0 Å². The normalized spacial score (nSPS) is 12.1. The van der Waals surface area contributed by atoms with E-state index in [4.69, 9.17) is 10.8 Å². The van der Waals surface area contributed by atoms with Crippen LogP contribution in [0, 0.1) is 6.92 Å². The van der Waals surface area contributed by atoms with Crippen molar-refractivity contribution in [2.75, 3.05) is 5.73 Å². The smallest absolute Gasteiger partial charge is 0.481 e. The van der Waals surface area contributed by atoms with Crippen LogP contribution in [0.25, 0.3) is 0 Å². The number of aromatic nitrogens is 4. The molecule has 0 saturated heterocycles. The standard InChI is InChI=1S/C18H26AsN5O2/c1-12-21-10-14(11-22-12)13(8-17(25)26)6-4-2-3-5-7-15-9-16(19)24-18(20)23-15/h9-11,13H,2-8,19H2,1H3,(H,25,26)(H2,20,23,24). The van der Waals surface area contributed by atoms with E-state index in [1.165, 1.54) is 16.9 Å². The van der Waals surface area contributed by atoms with Crippen LogP contribution in [0.15, 0.2) is 18.5 Å². The Bertz CT molecular complexity index is 704. The molecule has 3 N–H and O–H groups in total. The van der Waals surface area contributed by atoms with E-state index in [2.05, 4.69) is 19.9 Å². The minimum atomic E-state index is -0.783. The molecular formula is C18H26AsN5O2. The number of nitrogens with zero attached hydrogens (tertiary/aromatic N) is 4. The first-order chi connectivity index (χ1) is 12.4. The van der Waals surface area contributed by atoms with Gasteiger partial charge in [-0.15, -0.1) is 0 Å². The predicted molar refractivity (Wildman–Crippen MR) is 103 cm³/mol. The first-order valence-corrected chi connectivity index (χ1v) is 10.0. The number of carbonyl (C=O) groups is 1. The molecule has 26 heavy (non-hydrogen) atoms. The van der Waals surface area contributed by atoms with Gasteiger partial charge in [0.05, 0.1) is 0 Å². The summed E-state index contributed by atoms with van der Waals surface area (Å²) in [7, 11) is 0. The maximum atomic E-state index is 11.1. The number of anilines is 1. The quantitative estimate of drug-likeness (QED) is 0.439. The number of carboxylic acids is 1. The van der Waals surface area contributed by atoms with E-state index in [-0.39, 0.29) is 12.3 Å². The molecule has 2 rings (SSSR count). The fourth-order valence-electron chi connectivity index (χ4n) is 2.93. The molecule has 2 aromatic rings. The maximum absolute atomic E-state index is 11.1. The van der Waals surface area contributed by atoms with Crippen LogP contribution in [-0.2, 0) is 11.2 Å². The van der Waals surface area contributed by atoms with Gasteiger partial charge in [0.25, 0.3) is 0 Å². The molecule has 140 valence electrons. The van der Waals surface area contributed by atoms with Crippen molar-refractivity contribution in [3.63, 3.8) is 0 Å². The summed E-state index contributed by atoms with van der Waals surface area (Å²) >= 11 is 1.45. The predicted octanol–water partition coefficient (Wildman–Crippen LogP) is 1.17. The Morgan fingerprint density at radius 2 is 1.88 bits per heavy atom. The molecular weight excluding hydrogens is 393 g/mol. The van der Waals surface area contributed by atoms with E-state index < -0.39 is 5.97 Å². The van der Waals surface area contributed by atoms with Crippen molar-refractivity contribution in [1.82, 2.24) is 19.9 Å². The number of nitrogens with two attached hydrogens (primary N) is 1. The Labute approximate surface area is 162 Å². The molecule has 2 heterocycles. The van der Waals surface area contributed by atoms with E-state index in [0.717, 1.165) is 54.3 Å². The summed E-state index contributed by atoms with van der Waals surface area (Å²) in [4.78, 5) is 27.9. The van der Waals surface area contributed by atoms with Crippen LogP contribution in [0.4, 0.5) is 5.95 Å². The van der Waals surface area contributed by atoms with Crippen molar-refractivity contribution < 1.29 is 9.90 Å². The van der Waals surface area contributed by atoms with Gasteiger partial charge in [-0.05, 0) is 6.92 Å². The molecule has 0 aromatic carbocycles. The Morgan fingerprint density at radius 3 is 2.54 bits per heavy atom.